The SMILES string of the molecule is C[C@@H]1N=C(c2c(F)cccc2F)c2c(ccc(Cl)c2Cl)-n2nc(C(=O)N3CC(C#N)C3)nc21. The first-order chi connectivity index (χ1) is 15.8. The third-order valence-electron chi connectivity index (χ3n) is 5.61. The molecule has 0 spiro atoms. The fourth-order valence-corrected chi connectivity index (χ4v) is 4.31. The lowest BCUT2D eigenvalue weighted by Gasteiger charge is -2.34. The number of aromatic nitrogens is 3. The van der Waals surface area contributed by atoms with Crippen molar-refractivity contribution < 1.29 is 13.6 Å². The lowest BCUT2D eigenvalue weighted by atomic mass is 9.99. The van der Waals surface area contributed by atoms with Crippen molar-refractivity contribution in [1.82, 2.24) is 19.7 Å². The second kappa shape index (κ2) is 7.90. The summed E-state index contributed by atoms with van der Waals surface area (Å²) >= 11 is 12.7. The zero-order chi connectivity index (χ0) is 23.4. The van der Waals surface area contributed by atoms with Gasteiger partial charge in [-0.1, -0.05) is 29.3 Å². The van der Waals surface area contributed by atoms with Crippen LogP contribution in [0.4, 0.5) is 8.78 Å². The topological polar surface area (TPSA) is 87.2 Å². The molecule has 1 amide bonds. The molecular weight excluding hydrogens is 473 g/mol. The smallest absolute Gasteiger partial charge is 0.293 e. The molecule has 2 aromatic carbocycles. The van der Waals surface area contributed by atoms with Crippen molar-refractivity contribution in [2.24, 2.45) is 10.9 Å². The second-order valence-corrected chi connectivity index (χ2v) is 8.53. The molecule has 3 aromatic rings. The summed E-state index contributed by atoms with van der Waals surface area (Å²) in [4.78, 5) is 23.2. The largest absolute Gasteiger partial charge is 0.333 e. The van der Waals surface area contributed by atoms with Crippen LogP contribution in [0, 0.1) is 28.9 Å². The quantitative estimate of drug-likeness (QED) is 0.538. The molecule has 3 heterocycles. The summed E-state index contributed by atoms with van der Waals surface area (Å²) in [5.74, 6) is -2.02. The van der Waals surface area contributed by atoms with Gasteiger partial charge in [-0.3, -0.25) is 9.79 Å². The van der Waals surface area contributed by atoms with Crippen LogP contribution in [-0.2, 0) is 0 Å². The summed E-state index contributed by atoms with van der Waals surface area (Å²) in [5, 5.41) is 13.5. The number of likely N-dealkylation sites (tertiary alicyclic amines) is 1. The molecule has 0 radical (unpaired) electrons. The Labute approximate surface area is 196 Å². The average Bonchev–Trinajstić information content (AvgIpc) is 3.15. The number of nitriles is 1. The third kappa shape index (κ3) is 3.37. The Hall–Kier alpha value is -3.35. The lowest BCUT2D eigenvalue weighted by molar-refractivity contribution is 0.0564. The number of hydrogen-bond donors (Lipinski definition) is 0. The summed E-state index contributed by atoms with van der Waals surface area (Å²) in [6.45, 7) is 2.29. The van der Waals surface area contributed by atoms with Crippen molar-refractivity contribution >= 4 is 34.8 Å². The standard InChI is InChI=1S/C22H14Cl2F2N6O/c1-10-21-29-20(22(33)31-8-11(7-27)9-31)30-32(21)15-6-5-12(23)18(24)17(15)19(28-10)16-13(25)3-2-4-14(16)26/h2-6,10-11H,8-9H2,1H3/t10-/m0/s1. The zero-order valence-electron chi connectivity index (χ0n) is 17.1. The normalized spacial score (nSPS) is 17.4. The zero-order valence-corrected chi connectivity index (χ0v) is 18.6. The summed E-state index contributed by atoms with van der Waals surface area (Å²) in [6, 6.07) is 8.00. The van der Waals surface area contributed by atoms with Crippen molar-refractivity contribution in [3.63, 3.8) is 0 Å². The molecular formula is C22H14Cl2F2N6O. The van der Waals surface area contributed by atoms with Crippen LogP contribution in [0.3, 0.4) is 0 Å². The number of benzene rings is 2. The number of aliphatic imine (C=N–C) groups is 1. The number of amides is 1. The molecule has 0 N–H and O–H groups in total. The van der Waals surface area contributed by atoms with Crippen LogP contribution in [0.25, 0.3) is 5.69 Å². The maximum absolute atomic E-state index is 14.7. The number of carbonyl (C=O) groups excluding carboxylic acids is 1. The van der Waals surface area contributed by atoms with Crippen LogP contribution >= 0.6 is 23.2 Å². The van der Waals surface area contributed by atoms with Gasteiger partial charge in [-0.2, -0.15) is 5.26 Å². The van der Waals surface area contributed by atoms with E-state index in [1.165, 1.54) is 21.7 Å². The molecule has 1 atom stereocenters. The Bertz CT molecular complexity index is 1370. The summed E-state index contributed by atoms with van der Waals surface area (Å²) < 4.78 is 30.9. The highest BCUT2D eigenvalue weighted by molar-refractivity contribution is 6.45. The highest BCUT2D eigenvalue weighted by atomic mass is 35.5. The van der Waals surface area contributed by atoms with Gasteiger partial charge in [-0.25, -0.2) is 18.4 Å². The molecule has 1 fully saturated rings. The van der Waals surface area contributed by atoms with Crippen LogP contribution in [0.5, 0.6) is 0 Å². The molecule has 7 nitrogen and oxygen atoms in total. The summed E-state index contributed by atoms with van der Waals surface area (Å²) in [7, 11) is 0. The molecule has 5 rings (SSSR count). The van der Waals surface area contributed by atoms with Crippen molar-refractivity contribution in [3.8, 4) is 11.8 Å². The van der Waals surface area contributed by atoms with E-state index in [-0.39, 0.29) is 38.6 Å². The van der Waals surface area contributed by atoms with E-state index in [0.29, 0.717) is 24.6 Å². The number of hydrogen-bond acceptors (Lipinski definition) is 5. The average molecular weight is 487 g/mol. The van der Waals surface area contributed by atoms with Gasteiger partial charge in [-0.05, 0) is 31.2 Å². The van der Waals surface area contributed by atoms with Gasteiger partial charge in [0, 0.05) is 18.7 Å². The molecule has 2 aliphatic rings. The van der Waals surface area contributed by atoms with Gasteiger partial charge in [0.1, 0.15) is 17.7 Å². The molecule has 11 heteroatoms. The van der Waals surface area contributed by atoms with Crippen LogP contribution in [0.1, 0.15) is 40.5 Å². The molecule has 0 bridgehead atoms. The Balaban J connectivity index is 1.69. The predicted octanol–water partition coefficient (Wildman–Crippen LogP) is 4.36. The molecule has 0 unspecified atom stereocenters. The molecule has 2 aliphatic heterocycles. The minimum atomic E-state index is -0.809. The molecule has 1 saturated heterocycles. The number of fused-ring (bicyclic) bond motifs is 3. The van der Waals surface area contributed by atoms with Crippen molar-refractivity contribution in [2.75, 3.05) is 13.1 Å². The Morgan fingerprint density at radius 1 is 1.15 bits per heavy atom. The van der Waals surface area contributed by atoms with Crippen LogP contribution < -0.4 is 0 Å². The van der Waals surface area contributed by atoms with Gasteiger partial charge < -0.3 is 4.90 Å². The lowest BCUT2D eigenvalue weighted by Crippen LogP contribution is -2.49. The van der Waals surface area contributed by atoms with Crippen LogP contribution in [0.2, 0.25) is 10.0 Å². The first kappa shape index (κ1) is 21.5. The third-order valence-corrected chi connectivity index (χ3v) is 6.41. The van der Waals surface area contributed by atoms with Gasteiger partial charge in [0.25, 0.3) is 5.91 Å². The van der Waals surface area contributed by atoms with E-state index in [0.717, 1.165) is 12.1 Å². The molecule has 0 saturated carbocycles. The van der Waals surface area contributed by atoms with Gasteiger partial charge >= 0.3 is 0 Å². The first-order valence-corrected chi connectivity index (χ1v) is 10.7. The van der Waals surface area contributed by atoms with E-state index in [9.17, 15) is 13.6 Å². The molecule has 166 valence electrons. The molecule has 0 aliphatic carbocycles. The minimum absolute atomic E-state index is 0.0274. The van der Waals surface area contributed by atoms with E-state index in [4.69, 9.17) is 28.5 Å². The monoisotopic (exact) mass is 486 g/mol. The van der Waals surface area contributed by atoms with Crippen molar-refractivity contribution in [2.45, 2.75) is 13.0 Å². The maximum atomic E-state index is 14.7. The van der Waals surface area contributed by atoms with Crippen molar-refractivity contribution in [3.05, 3.63) is 74.8 Å². The maximum Gasteiger partial charge on any atom is 0.293 e. The van der Waals surface area contributed by atoms with E-state index in [1.807, 2.05) is 0 Å². The Morgan fingerprint density at radius 2 is 1.85 bits per heavy atom. The first-order valence-electron chi connectivity index (χ1n) is 9.97. The fourth-order valence-electron chi connectivity index (χ4n) is 3.90. The van der Waals surface area contributed by atoms with Gasteiger partial charge in [0.15, 0.2) is 5.82 Å². The predicted molar refractivity (Wildman–Crippen MR) is 117 cm³/mol. The molecule has 33 heavy (non-hydrogen) atoms. The van der Waals surface area contributed by atoms with E-state index in [2.05, 4.69) is 21.1 Å². The highest BCUT2D eigenvalue weighted by Crippen LogP contribution is 2.38. The number of carbonyl (C=O) groups is 1. The number of halogens is 4. The fraction of sp³-hybridized carbons (Fsp3) is 0.227. The van der Waals surface area contributed by atoms with E-state index in [1.54, 1.807) is 13.0 Å². The summed E-state index contributed by atoms with van der Waals surface area (Å²) in [6.07, 6.45) is 0. The van der Waals surface area contributed by atoms with Gasteiger partial charge in [-0.15, -0.1) is 5.10 Å². The van der Waals surface area contributed by atoms with Gasteiger partial charge in [0.05, 0.1) is 39.0 Å². The number of nitrogens with zero attached hydrogens (tertiary/aromatic N) is 6. The minimum Gasteiger partial charge on any atom is -0.333 e. The van der Waals surface area contributed by atoms with E-state index >= 15 is 0 Å². The Morgan fingerprint density at radius 3 is 2.52 bits per heavy atom. The van der Waals surface area contributed by atoms with Crippen LogP contribution in [0.15, 0.2) is 35.3 Å². The summed E-state index contributed by atoms with van der Waals surface area (Å²) in [5.41, 5.74) is 0.131. The second-order valence-electron chi connectivity index (χ2n) is 7.75. The van der Waals surface area contributed by atoms with Crippen molar-refractivity contribution in [1.29, 1.82) is 5.26 Å². The van der Waals surface area contributed by atoms with Crippen LogP contribution in [-0.4, -0.2) is 44.4 Å². The van der Waals surface area contributed by atoms with E-state index < -0.39 is 23.6 Å². The van der Waals surface area contributed by atoms with Gasteiger partial charge in [0.2, 0.25) is 5.82 Å². The molecule has 1 aromatic heterocycles. The Kier molecular flexibility index (Phi) is 5.15. The highest BCUT2D eigenvalue weighted by Gasteiger charge is 2.36. The number of rotatable bonds is 2.